The van der Waals surface area contributed by atoms with E-state index in [0.717, 1.165) is 0 Å². The van der Waals surface area contributed by atoms with Crippen LogP contribution in [0.1, 0.15) is 13.3 Å². The molecule has 0 atom stereocenters. The van der Waals surface area contributed by atoms with Gasteiger partial charge in [0, 0.05) is 26.7 Å². The van der Waals surface area contributed by atoms with Gasteiger partial charge in [-0.3, -0.25) is 4.79 Å². The molecule has 0 bridgehead atoms. The van der Waals surface area contributed by atoms with Crippen LogP contribution in [-0.2, 0) is 9.53 Å². The Kier molecular flexibility index (Phi) is 13.8. The summed E-state index contributed by atoms with van der Waals surface area (Å²) in [6.45, 7) is 2.57. The number of rotatable bonds is 8. The summed E-state index contributed by atoms with van der Waals surface area (Å²) in [6.07, 6.45) is -5.18. The van der Waals surface area contributed by atoms with Crippen LogP contribution in [0.2, 0.25) is 0 Å². The van der Waals surface area contributed by atoms with Gasteiger partial charge in [0.15, 0.2) is 5.96 Å². The predicted octanol–water partition coefficient (Wildman–Crippen LogP) is 0.874. The van der Waals surface area contributed by atoms with Crippen LogP contribution in [0.5, 0.6) is 0 Å². The monoisotopic (exact) mass is 426 g/mol. The molecular formula is C11H22F3IN4O2. The Morgan fingerprint density at radius 3 is 2.38 bits per heavy atom. The number of nitrogens with zero attached hydrogens (tertiary/aromatic N) is 1. The molecule has 0 aliphatic heterocycles. The number of carbonyl (C=O) groups excluding carboxylic acids is 1. The van der Waals surface area contributed by atoms with E-state index in [1.165, 1.54) is 7.11 Å². The topological polar surface area (TPSA) is 74.8 Å². The number of alkyl halides is 3. The van der Waals surface area contributed by atoms with Crippen LogP contribution >= 0.6 is 24.0 Å². The molecule has 0 aromatic rings. The second-order valence-electron chi connectivity index (χ2n) is 3.83. The molecule has 0 radical (unpaired) electrons. The Morgan fingerprint density at radius 1 is 1.19 bits per heavy atom. The van der Waals surface area contributed by atoms with Crippen molar-refractivity contribution < 1.29 is 22.7 Å². The van der Waals surface area contributed by atoms with Gasteiger partial charge in [-0.15, -0.1) is 24.0 Å². The first-order valence-corrected chi connectivity index (χ1v) is 6.23. The third-order valence-corrected chi connectivity index (χ3v) is 2.05. The van der Waals surface area contributed by atoms with Gasteiger partial charge in [-0.25, -0.2) is 4.99 Å². The number of halogens is 4. The van der Waals surface area contributed by atoms with Crippen LogP contribution in [0, 0.1) is 0 Å². The molecule has 21 heavy (non-hydrogen) atoms. The van der Waals surface area contributed by atoms with Crippen molar-refractivity contribution >= 4 is 35.8 Å². The number of amides is 1. The number of methoxy groups -OCH3 is 1. The summed E-state index contributed by atoms with van der Waals surface area (Å²) in [5, 5.41) is 7.83. The summed E-state index contributed by atoms with van der Waals surface area (Å²) in [6, 6.07) is 0. The molecule has 126 valence electrons. The standard InChI is InChI=1S/C11H21F3N4O2.HI/c1-3-15-10(17-5-4-11(12,13)14)18-8-9(19)16-6-7-20-2;/h3-8H2,1-2H3,(H,16,19)(H2,15,17,18);1H. The minimum Gasteiger partial charge on any atom is -0.383 e. The van der Waals surface area contributed by atoms with Crippen LogP contribution in [0.3, 0.4) is 0 Å². The van der Waals surface area contributed by atoms with Gasteiger partial charge in [0.05, 0.1) is 13.0 Å². The summed E-state index contributed by atoms with van der Waals surface area (Å²) < 4.78 is 40.8. The number of carbonyl (C=O) groups is 1. The van der Waals surface area contributed by atoms with Crippen molar-refractivity contribution in [2.45, 2.75) is 19.5 Å². The number of hydrogen-bond acceptors (Lipinski definition) is 3. The molecule has 6 nitrogen and oxygen atoms in total. The average molecular weight is 426 g/mol. The van der Waals surface area contributed by atoms with Crippen molar-refractivity contribution in [3.8, 4) is 0 Å². The molecule has 0 fully saturated rings. The molecule has 0 heterocycles. The molecule has 0 aromatic carbocycles. The quantitative estimate of drug-likeness (QED) is 0.233. The van der Waals surface area contributed by atoms with Gasteiger partial charge in [0.2, 0.25) is 5.91 Å². The molecule has 0 aliphatic rings. The summed E-state index contributed by atoms with van der Waals surface area (Å²) in [5.74, 6) is -0.145. The third-order valence-electron chi connectivity index (χ3n) is 2.05. The highest BCUT2D eigenvalue weighted by molar-refractivity contribution is 14.0. The van der Waals surface area contributed by atoms with Crippen molar-refractivity contribution in [3.05, 3.63) is 0 Å². The number of nitrogens with one attached hydrogen (secondary N) is 3. The fourth-order valence-corrected chi connectivity index (χ4v) is 1.16. The van der Waals surface area contributed by atoms with Crippen LogP contribution in [0.15, 0.2) is 4.99 Å². The van der Waals surface area contributed by atoms with E-state index in [1.807, 2.05) is 0 Å². The van der Waals surface area contributed by atoms with E-state index in [1.54, 1.807) is 6.92 Å². The van der Waals surface area contributed by atoms with Crippen LogP contribution in [0.25, 0.3) is 0 Å². The number of aliphatic imine (C=N–C) groups is 1. The maximum absolute atomic E-state index is 12.0. The number of guanidine groups is 1. The predicted molar refractivity (Wildman–Crippen MR) is 85.0 cm³/mol. The van der Waals surface area contributed by atoms with Crippen molar-refractivity contribution in [2.24, 2.45) is 4.99 Å². The maximum atomic E-state index is 12.0. The second kappa shape index (κ2) is 12.9. The molecule has 0 rings (SSSR count). The minimum absolute atomic E-state index is 0. The van der Waals surface area contributed by atoms with E-state index in [0.29, 0.717) is 19.7 Å². The second-order valence-corrected chi connectivity index (χ2v) is 3.83. The third kappa shape index (κ3) is 15.4. The van der Waals surface area contributed by atoms with E-state index in [9.17, 15) is 18.0 Å². The maximum Gasteiger partial charge on any atom is 0.390 e. The largest absolute Gasteiger partial charge is 0.390 e. The van der Waals surface area contributed by atoms with Gasteiger partial charge in [-0.1, -0.05) is 0 Å². The lowest BCUT2D eigenvalue weighted by Crippen LogP contribution is -2.40. The molecule has 1 amide bonds. The van der Waals surface area contributed by atoms with Crippen molar-refractivity contribution in [2.75, 3.05) is 39.9 Å². The van der Waals surface area contributed by atoms with E-state index in [2.05, 4.69) is 20.9 Å². The molecule has 0 spiro atoms. The molecule has 10 heteroatoms. The van der Waals surface area contributed by atoms with Gasteiger partial charge >= 0.3 is 6.18 Å². The van der Waals surface area contributed by atoms with E-state index < -0.39 is 12.6 Å². The molecule has 0 saturated heterocycles. The molecule has 0 unspecified atom stereocenters. The van der Waals surface area contributed by atoms with Gasteiger partial charge in [-0.05, 0) is 6.92 Å². The van der Waals surface area contributed by atoms with E-state index in [-0.39, 0.29) is 48.9 Å². The van der Waals surface area contributed by atoms with Crippen molar-refractivity contribution in [1.82, 2.24) is 16.0 Å². The van der Waals surface area contributed by atoms with Crippen molar-refractivity contribution in [3.63, 3.8) is 0 Å². The Bertz CT molecular complexity index is 314. The minimum atomic E-state index is -4.22. The fraction of sp³-hybridized carbons (Fsp3) is 0.818. The Morgan fingerprint density at radius 2 is 1.86 bits per heavy atom. The van der Waals surface area contributed by atoms with Gasteiger partial charge < -0.3 is 20.7 Å². The Labute approximate surface area is 139 Å². The highest BCUT2D eigenvalue weighted by atomic mass is 127. The van der Waals surface area contributed by atoms with E-state index >= 15 is 0 Å². The first-order chi connectivity index (χ1) is 9.39. The zero-order valence-corrected chi connectivity index (χ0v) is 14.4. The van der Waals surface area contributed by atoms with Crippen molar-refractivity contribution in [1.29, 1.82) is 0 Å². The first kappa shape index (κ1) is 22.5. The zero-order chi connectivity index (χ0) is 15.4. The highest BCUT2D eigenvalue weighted by Crippen LogP contribution is 2.17. The molecule has 3 N–H and O–H groups in total. The number of hydrogen-bond donors (Lipinski definition) is 3. The lowest BCUT2D eigenvalue weighted by molar-refractivity contribution is -0.132. The average Bonchev–Trinajstić information content (AvgIpc) is 2.35. The van der Waals surface area contributed by atoms with Crippen LogP contribution in [-0.4, -0.2) is 57.9 Å². The fourth-order valence-electron chi connectivity index (χ4n) is 1.16. The van der Waals surface area contributed by atoms with Crippen LogP contribution in [0.4, 0.5) is 13.2 Å². The zero-order valence-electron chi connectivity index (χ0n) is 12.0. The summed E-state index contributed by atoms with van der Waals surface area (Å²) in [4.78, 5) is 15.2. The highest BCUT2D eigenvalue weighted by Gasteiger charge is 2.26. The normalized spacial score (nSPS) is 11.6. The van der Waals surface area contributed by atoms with Gasteiger partial charge in [0.1, 0.15) is 6.54 Å². The molecule has 0 aliphatic carbocycles. The summed E-state index contributed by atoms with van der Waals surface area (Å²) in [5.41, 5.74) is 0. The smallest absolute Gasteiger partial charge is 0.383 e. The Hall–Kier alpha value is -0.780. The molecular weight excluding hydrogens is 404 g/mol. The van der Waals surface area contributed by atoms with E-state index in [4.69, 9.17) is 4.74 Å². The molecule has 0 saturated carbocycles. The van der Waals surface area contributed by atoms with Gasteiger partial charge in [0.25, 0.3) is 0 Å². The molecule has 0 aromatic heterocycles. The summed E-state index contributed by atoms with van der Waals surface area (Å²) in [7, 11) is 1.51. The lowest BCUT2D eigenvalue weighted by Gasteiger charge is -2.12. The van der Waals surface area contributed by atoms with Crippen LogP contribution < -0.4 is 16.0 Å². The Balaban J connectivity index is 0. The lowest BCUT2D eigenvalue weighted by atomic mass is 10.4. The van der Waals surface area contributed by atoms with Gasteiger partial charge in [-0.2, -0.15) is 13.2 Å². The first-order valence-electron chi connectivity index (χ1n) is 6.23. The summed E-state index contributed by atoms with van der Waals surface area (Å²) >= 11 is 0. The SMILES string of the molecule is CCNC(=NCC(=O)NCCOC)NCCC(F)(F)F.I. The number of ether oxygens (including phenoxy) is 1.